The van der Waals surface area contributed by atoms with E-state index in [0.717, 1.165) is 27.7 Å². The number of ether oxygens (including phenoxy) is 3. The topological polar surface area (TPSA) is 70.8 Å². The first-order valence-electron chi connectivity index (χ1n) is 8.26. The summed E-state index contributed by atoms with van der Waals surface area (Å²) in [6, 6.07) is 13.4. The van der Waals surface area contributed by atoms with Crippen molar-refractivity contribution in [2.75, 3.05) is 27.1 Å². The predicted molar refractivity (Wildman–Crippen MR) is 104 cm³/mol. The maximum absolute atomic E-state index is 5.48. The van der Waals surface area contributed by atoms with Crippen LogP contribution in [0, 0.1) is 0 Å². The number of rotatable bonds is 5. The van der Waals surface area contributed by atoms with Crippen LogP contribution >= 0.6 is 11.8 Å². The second-order valence-corrected chi connectivity index (χ2v) is 6.70. The Morgan fingerprint density at radius 3 is 2.37 bits per heavy atom. The second kappa shape index (κ2) is 7.32. The van der Waals surface area contributed by atoms with Crippen molar-refractivity contribution in [1.82, 2.24) is 14.9 Å². The number of hydrogen-bond acceptors (Lipinski definition) is 7. The summed E-state index contributed by atoms with van der Waals surface area (Å²) in [5.74, 6) is 3.47. The summed E-state index contributed by atoms with van der Waals surface area (Å²) in [7, 11) is 4.89. The van der Waals surface area contributed by atoms with Crippen molar-refractivity contribution in [3.8, 4) is 28.6 Å². The number of para-hydroxylation sites is 1. The smallest absolute Gasteiger partial charge is 0.212 e. The Bertz CT molecular complexity index is 994. The van der Waals surface area contributed by atoms with Crippen molar-refractivity contribution in [2.45, 2.75) is 5.16 Å². The van der Waals surface area contributed by atoms with E-state index >= 15 is 0 Å². The van der Waals surface area contributed by atoms with Gasteiger partial charge in [0, 0.05) is 22.9 Å². The molecule has 0 radical (unpaired) electrons. The van der Waals surface area contributed by atoms with Gasteiger partial charge in [-0.15, -0.1) is 10.2 Å². The fourth-order valence-corrected chi connectivity index (χ4v) is 3.69. The van der Waals surface area contributed by atoms with Crippen LogP contribution in [0.25, 0.3) is 11.4 Å². The summed E-state index contributed by atoms with van der Waals surface area (Å²) in [6.07, 6.45) is 0. The molecule has 1 aromatic heterocycles. The lowest BCUT2D eigenvalue weighted by atomic mass is 10.1. The molecule has 0 saturated carbocycles. The van der Waals surface area contributed by atoms with E-state index in [2.05, 4.69) is 10.2 Å². The highest BCUT2D eigenvalue weighted by atomic mass is 32.2. The van der Waals surface area contributed by atoms with Gasteiger partial charge >= 0.3 is 0 Å². The van der Waals surface area contributed by atoms with E-state index in [1.54, 1.807) is 37.8 Å². The molecule has 8 heteroatoms. The molecule has 0 fully saturated rings. The molecule has 0 bridgehead atoms. The van der Waals surface area contributed by atoms with Crippen LogP contribution in [-0.2, 0) is 0 Å². The zero-order valence-corrected chi connectivity index (χ0v) is 16.0. The van der Waals surface area contributed by atoms with Gasteiger partial charge in [0.05, 0.1) is 27.0 Å². The summed E-state index contributed by atoms with van der Waals surface area (Å²) in [4.78, 5) is 0. The Labute approximate surface area is 161 Å². The highest BCUT2D eigenvalue weighted by Gasteiger charge is 2.23. The zero-order valence-electron chi connectivity index (χ0n) is 15.2. The number of methoxy groups -OCH3 is 3. The molecule has 0 amide bonds. The SMILES string of the molecule is COc1cc(OC)cc(-c2nnc3n2N=C(c2ccccc2OC)CS3)c1. The number of nitrogens with zero attached hydrogens (tertiary/aromatic N) is 4. The summed E-state index contributed by atoms with van der Waals surface area (Å²) in [6.45, 7) is 0. The molecule has 1 aliphatic heterocycles. The molecule has 138 valence electrons. The van der Waals surface area contributed by atoms with Crippen LogP contribution in [0.5, 0.6) is 17.2 Å². The summed E-state index contributed by atoms with van der Waals surface area (Å²) >= 11 is 1.59. The Morgan fingerprint density at radius 1 is 0.926 bits per heavy atom. The molecule has 0 unspecified atom stereocenters. The lowest BCUT2D eigenvalue weighted by Crippen LogP contribution is -2.14. The van der Waals surface area contributed by atoms with E-state index in [1.807, 2.05) is 42.5 Å². The minimum atomic E-state index is 0.627. The lowest BCUT2D eigenvalue weighted by Gasteiger charge is -2.16. The van der Waals surface area contributed by atoms with Gasteiger partial charge in [-0.05, 0) is 24.3 Å². The Balaban J connectivity index is 1.82. The van der Waals surface area contributed by atoms with Gasteiger partial charge in [0.2, 0.25) is 5.16 Å². The maximum atomic E-state index is 5.48. The first-order valence-corrected chi connectivity index (χ1v) is 9.25. The zero-order chi connectivity index (χ0) is 18.8. The Kier molecular flexibility index (Phi) is 4.72. The van der Waals surface area contributed by atoms with Crippen LogP contribution < -0.4 is 14.2 Å². The van der Waals surface area contributed by atoms with Gasteiger partial charge in [-0.2, -0.15) is 9.78 Å². The molecule has 3 aromatic rings. The van der Waals surface area contributed by atoms with Crippen LogP contribution in [0.1, 0.15) is 5.56 Å². The largest absolute Gasteiger partial charge is 0.497 e. The third-order valence-electron chi connectivity index (χ3n) is 4.20. The number of benzene rings is 2. The summed E-state index contributed by atoms with van der Waals surface area (Å²) < 4.78 is 18.0. The number of hydrogen-bond donors (Lipinski definition) is 0. The first-order chi connectivity index (χ1) is 13.2. The van der Waals surface area contributed by atoms with Crippen LogP contribution in [0.15, 0.2) is 52.7 Å². The molecule has 0 spiro atoms. The molecule has 0 saturated heterocycles. The molecule has 4 rings (SSSR count). The molecular weight excluding hydrogens is 364 g/mol. The van der Waals surface area contributed by atoms with Gasteiger partial charge in [0.1, 0.15) is 17.2 Å². The minimum Gasteiger partial charge on any atom is -0.497 e. The second-order valence-electron chi connectivity index (χ2n) is 5.75. The molecule has 2 heterocycles. The first kappa shape index (κ1) is 17.4. The van der Waals surface area contributed by atoms with Crippen molar-refractivity contribution in [3.05, 3.63) is 48.0 Å². The van der Waals surface area contributed by atoms with Crippen molar-refractivity contribution >= 4 is 17.5 Å². The van der Waals surface area contributed by atoms with Gasteiger partial charge in [-0.25, -0.2) is 0 Å². The highest BCUT2D eigenvalue weighted by molar-refractivity contribution is 7.99. The summed E-state index contributed by atoms with van der Waals surface area (Å²) in [5, 5.41) is 14.1. The fourth-order valence-electron chi connectivity index (χ4n) is 2.86. The van der Waals surface area contributed by atoms with Gasteiger partial charge in [0.15, 0.2) is 5.82 Å². The van der Waals surface area contributed by atoms with Gasteiger partial charge in [-0.3, -0.25) is 0 Å². The average molecular weight is 382 g/mol. The Hall–Kier alpha value is -3.00. The van der Waals surface area contributed by atoms with Gasteiger partial charge in [0.25, 0.3) is 0 Å². The van der Waals surface area contributed by atoms with Crippen molar-refractivity contribution < 1.29 is 14.2 Å². The lowest BCUT2D eigenvalue weighted by molar-refractivity contribution is 0.394. The van der Waals surface area contributed by atoms with Crippen molar-refractivity contribution in [2.24, 2.45) is 5.10 Å². The van der Waals surface area contributed by atoms with Crippen LogP contribution in [-0.4, -0.2) is 47.7 Å². The quantitative estimate of drug-likeness (QED) is 0.674. The molecule has 0 N–H and O–H groups in total. The van der Waals surface area contributed by atoms with E-state index in [0.29, 0.717) is 23.1 Å². The normalized spacial score (nSPS) is 12.9. The minimum absolute atomic E-state index is 0.627. The van der Waals surface area contributed by atoms with E-state index in [1.165, 1.54) is 0 Å². The van der Waals surface area contributed by atoms with Crippen LogP contribution in [0.4, 0.5) is 0 Å². The van der Waals surface area contributed by atoms with Crippen LogP contribution in [0.2, 0.25) is 0 Å². The average Bonchev–Trinajstić information content (AvgIpc) is 3.16. The molecular formula is C19H18N4O3S. The molecule has 1 aliphatic rings. The van der Waals surface area contributed by atoms with Gasteiger partial charge in [-0.1, -0.05) is 23.9 Å². The molecule has 27 heavy (non-hydrogen) atoms. The number of fused-ring (bicyclic) bond motifs is 1. The molecule has 0 atom stereocenters. The molecule has 7 nitrogen and oxygen atoms in total. The third-order valence-corrected chi connectivity index (χ3v) is 5.13. The highest BCUT2D eigenvalue weighted by Crippen LogP contribution is 2.33. The Morgan fingerprint density at radius 2 is 1.67 bits per heavy atom. The van der Waals surface area contributed by atoms with Crippen LogP contribution in [0.3, 0.4) is 0 Å². The van der Waals surface area contributed by atoms with E-state index in [-0.39, 0.29) is 0 Å². The third kappa shape index (κ3) is 3.23. The number of aromatic nitrogens is 3. The summed E-state index contributed by atoms with van der Waals surface area (Å²) in [5.41, 5.74) is 2.68. The molecule has 0 aliphatic carbocycles. The molecule has 2 aromatic carbocycles. The van der Waals surface area contributed by atoms with Crippen molar-refractivity contribution in [3.63, 3.8) is 0 Å². The number of thioether (sulfide) groups is 1. The maximum Gasteiger partial charge on any atom is 0.212 e. The monoisotopic (exact) mass is 382 g/mol. The fraction of sp³-hybridized carbons (Fsp3) is 0.211. The van der Waals surface area contributed by atoms with E-state index in [9.17, 15) is 0 Å². The van der Waals surface area contributed by atoms with Crippen molar-refractivity contribution in [1.29, 1.82) is 0 Å². The predicted octanol–water partition coefficient (Wildman–Crippen LogP) is 3.33. The van der Waals surface area contributed by atoms with Gasteiger partial charge < -0.3 is 14.2 Å². The van der Waals surface area contributed by atoms with E-state index in [4.69, 9.17) is 19.3 Å². The standard InChI is InChI=1S/C19H18N4O3S/c1-24-13-8-12(9-14(10-13)25-2)18-20-21-19-23(18)22-16(11-27-19)15-6-4-5-7-17(15)26-3/h4-10H,11H2,1-3H3. The van der Waals surface area contributed by atoms with E-state index < -0.39 is 0 Å².